The number of sulfonamides is 1. The number of para-hydroxylation sites is 1. The van der Waals surface area contributed by atoms with Crippen molar-refractivity contribution in [1.29, 1.82) is 0 Å². The van der Waals surface area contributed by atoms with Gasteiger partial charge >= 0.3 is 11.8 Å². The van der Waals surface area contributed by atoms with Gasteiger partial charge in [0, 0.05) is 11.9 Å². The Morgan fingerprint density at radius 2 is 1.63 bits per heavy atom. The largest absolute Gasteiger partial charge is 0.449 e. The molecule has 0 aliphatic heterocycles. The van der Waals surface area contributed by atoms with Crippen molar-refractivity contribution in [3.8, 4) is 0 Å². The molecule has 1 aromatic heterocycles. The molecule has 3 amide bonds. The predicted octanol–water partition coefficient (Wildman–Crippen LogP) is 0.476. The minimum atomic E-state index is -3.78. The second kappa shape index (κ2) is 8.35. The number of nitrogens with two attached hydrogens (primary N) is 2. The van der Waals surface area contributed by atoms with E-state index in [0.29, 0.717) is 17.4 Å². The van der Waals surface area contributed by atoms with Crippen molar-refractivity contribution >= 4 is 44.4 Å². The summed E-state index contributed by atoms with van der Waals surface area (Å²) < 4.78 is 27.8. The van der Waals surface area contributed by atoms with Crippen LogP contribution in [0.15, 0.2) is 57.8 Å². The number of furan rings is 1. The number of nitrogens with one attached hydrogen (secondary N) is 2. The van der Waals surface area contributed by atoms with Gasteiger partial charge in [-0.1, -0.05) is 24.3 Å². The van der Waals surface area contributed by atoms with Gasteiger partial charge in [-0.2, -0.15) is 0 Å². The molecule has 3 aromatic rings. The highest BCUT2D eigenvalue weighted by Gasteiger charge is 2.23. The van der Waals surface area contributed by atoms with Crippen LogP contribution < -0.4 is 21.5 Å². The molecule has 0 spiro atoms. The number of benzene rings is 2. The van der Waals surface area contributed by atoms with Crippen LogP contribution in [0.4, 0.5) is 5.69 Å². The normalized spacial score (nSPS) is 11.2. The summed E-state index contributed by atoms with van der Waals surface area (Å²) in [6.45, 7) is 0.121. The fourth-order valence-corrected chi connectivity index (χ4v) is 3.28. The van der Waals surface area contributed by atoms with Crippen LogP contribution in [0.1, 0.15) is 16.1 Å². The summed E-state index contributed by atoms with van der Waals surface area (Å²) in [7, 11) is -3.78. The number of carbonyl (C=O) groups is 3. The average Bonchev–Trinajstić information content (AvgIpc) is 3.06. The Morgan fingerprint density at radius 1 is 0.967 bits per heavy atom. The Hall–Kier alpha value is -3.70. The van der Waals surface area contributed by atoms with E-state index >= 15 is 0 Å². The van der Waals surface area contributed by atoms with Crippen LogP contribution in [0, 0.1) is 0 Å². The molecule has 2 aromatic carbocycles. The van der Waals surface area contributed by atoms with Gasteiger partial charge in [0.2, 0.25) is 15.8 Å². The summed E-state index contributed by atoms with van der Waals surface area (Å²) in [6, 6.07) is 12.4. The Balaban J connectivity index is 1.62. The number of primary sulfonamides is 1. The zero-order valence-electron chi connectivity index (χ0n) is 15.5. The standard InChI is InChI=1S/C19H18N4O6S/c20-17(24)16-15(13-3-1-2-4-14(13)29-16)23-19(26)18(25)22-10-9-11-5-7-12(8-6-11)30(21,27)28/h1-8H,9-10H2,(H2,20,24)(H,22,25)(H,23,26)(H2,21,27,28). The number of fused-ring (bicyclic) bond motifs is 1. The summed E-state index contributed by atoms with van der Waals surface area (Å²) in [4.78, 5) is 35.9. The molecule has 0 aliphatic carbocycles. The zero-order chi connectivity index (χ0) is 21.9. The zero-order valence-corrected chi connectivity index (χ0v) is 16.4. The highest BCUT2D eigenvalue weighted by atomic mass is 32.2. The number of hydrogen-bond acceptors (Lipinski definition) is 6. The molecule has 0 aliphatic rings. The maximum Gasteiger partial charge on any atom is 0.313 e. The summed E-state index contributed by atoms with van der Waals surface area (Å²) in [5.41, 5.74) is 6.38. The van der Waals surface area contributed by atoms with Crippen LogP contribution in [0.3, 0.4) is 0 Å². The molecule has 0 atom stereocenters. The van der Waals surface area contributed by atoms with Gasteiger partial charge in [0.1, 0.15) is 11.3 Å². The van der Waals surface area contributed by atoms with Crippen molar-refractivity contribution in [2.45, 2.75) is 11.3 Å². The highest BCUT2D eigenvalue weighted by Crippen LogP contribution is 2.30. The van der Waals surface area contributed by atoms with E-state index in [1.54, 1.807) is 36.4 Å². The Labute approximate surface area is 171 Å². The number of carbonyl (C=O) groups excluding carboxylic acids is 3. The summed E-state index contributed by atoms with van der Waals surface area (Å²) in [5.74, 6) is -3.05. The van der Waals surface area contributed by atoms with Gasteiger partial charge < -0.3 is 20.8 Å². The van der Waals surface area contributed by atoms with E-state index in [1.165, 1.54) is 12.1 Å². The quantitative estimate of drug-likeness (QED) is 0.414. The molecular formula is C19H18N4O6S. The molecule has 0 saturated heterocycles. The Morgan fingerprint density at radius 3 is 2.27 bits per heavy atom. The van der Waals surface area contributed by atoms with E-state index in [9.17, 15) is 22.8 Å². The van der Waals surface area contributed by atoms with Crippen molar-refractivity contribution in [3.05, 3.63) is 59.9 Å². The van der Waals surface area contributed by atoms with Crippen LogP contribution in [-0.2, 0) is 26.0 Å². The van der Waals surface area contributed by atoms with Gasteiger partial charge in [-0.05, 0) is 36.2 Å². The Bertz CT molecular complexity index is 1230. The number of anilines is 1. The van der Waals surface area contributed by atoms with Crippen molar-refractivity contribution in [3.63, 3.8) is 0 Å². The third kappa shape index (κ3) is 4.64. The van der Waals surface area contributed by atoms with Crippen LogP contribution in [0.5, 0.6) is 0 Å². The Kier molecular flexibility index (Phi) is 5.85. The van der Waals surface area contributed by atoms with E-state index in [4.69, 9.17) is 15.3 Å². The van der Waals surface area contributed by atoms with Crippen LogP contribution in [0.25, 0.3) is 11.0 Å². The number of primary amides is 1. The van der Waals surface area contributed by atoms with E-state index in [2.05, 4.69) is 10.6 Å². The van der Waals surface area contributed by atoms with Gasteiger partial charge in [0.15, 0.2) is 0 Å². The molecule has 0 unspecified atom stereocenters. The molecule has 10 nitrogen and oxygen atoms in total. The second-order valence-corrected chi connectivity index (χ2v) is 7.88. The lowest BCUT2D eigenvalue weighted by atomic mass is 10.1. The first-order valence-corrected chi connectivity index (χ1v) is 10.2. The summed E-state index contributed by atoms with van der Waals surface area (Å²) >= 11 is 0. The van der Waals surface area contributed by atoms with Crippen molar-refractivity contribution in [1.82, 2.24) is 5.32 Å². The first kappa shape index (κ1) is 21.0. The summed E-state index contributed by atoms with van der Waals surface area (Å²) in [6.07, 6.45) is 0.352. The fourth-order valence-electron chi connectivity index (χ4n) is 2.76. The molecule has 30 heavy (non-hydrogen) atoms. The van der Waals surface area contributed by atoms with Gasteiger partial charge in [-0.15, -0.1) is 0 Å². The minimum Gasteiger partial charge on any atom is -0.449 e. The smallest absolute Gasteiger partial charge is 0.313 e. The molecule has 3 rings (SSSR count). The van der Waals surface area contributed by atoms with Gasteiger partial charge in [-0.25, -0.2) is 13.6 Å². The number of hydrogen-bond donors (Lipinski definition) is 4. The van der Waals surface area contributed by atoms with Crippen molar-refractivity contribution in [2.75, 3.05) is 11.9 Å². The lowest BCUT2D eigenvalue weighted by Gasteiger charge is -2.07. The van der Waals surface area contributed by atoms with Gasteiger partial charge in [0.05, 0.1) is 4.90 Å². The maximum absolute atomic E-state index is 12.2. The second-order valence-electron chi connectivity index (χ2n) is 6.32. The van der Waals surface area contributed by atoms with Crippen LogP contribution >= 0.6 is 0 Å². The van der Waals surface area contributed by atoms with E-state index in [0.717, 1.165) is 5.56 Å². The minimum absolute atomic E-state index is 0.0211. The van der Waals surface area contributed by atoms with E-state index in [-0.39, 0.29) is 22.9 Å². The van der Waals surface area contributed by atoms with E-state index < -0.39 is 27.7 Å². The number of rotatable bonds is 6. The van der Waals surface area contributed by atoms with E-state index in [1.807, 2.05) is 0 Å². The monoisotopic (exact) mass is 430 g/mol. The molecular weight excluding hydrogens is 412 g/mol. The molecule has 0 bridgehead atoms. The first-order chi connectivity index (χ1) is 14.2. The van der Waals surface area contributed by atoms with Gasteiger partial charge in [0.25, 0.3) is 5.91 Å². The third-order valence-corrected chi connectivity index (χ3v) is 5.14. The molecule has 11 heteroatoms. The third-order valence-electron chi connectivity index (χ3n) is 4.22. The molecule has 156 valence electrons. The van der Waals surface area contributed by atoms with Crippen LogP contribution in [-0.4, -0.2) is 32.7 Å². The fraction of sp³-hybridized carbons (Fsp3) is 0.105. The van der Waals surface area contributed by atoms with Crippen LogP contribution in [0.2, 0.25) is 0 Å². The molecule has 0 radical (unpaired) electrons. The maximum atomic E-state index is 12.2. The lowest BCUT2D eigenvalue weighted by molar-refractivity contribution is -0.136. The topological polar surface area (TPSA) is 175 Å². The summed E-state index contributed by atoms with van der Waals surface area (Å²) in [5, 5.41) is 10.3. The SMILES string of the molecule is NC(=O)c1oc2ccccc2c1NC(=O)C(=O)NCCc1ccc(S(N)(=O)=O)cc1. The van der Waals surface area contributed by atoms with Crippen molar-refractivity contribution in [2.24, 2.45) is 10.9 Å². The van der Waals surface area contributed by atoms with Crippen molar-refractivity contribution < 1.29 is 27.2 Å². The number of amides is 3. The molecule has 0 saturated carbocycles. The molecule has 1 heterocycles. The first-order valence-electron chi connectivity index (χ1n) is 8.69. The lowest BCUT2D eigenvalue weighted by Crippen LogP contribution is -2.36. The molecule has 6 N–H and O–H groups in total. The highest BCUT2D eigenvalue weighted by molar-refractivity contribution is 7.89. The average molecular weight is 430 g/mol. The van der Waals surface area contributed by atoms with Gasteiger partial charge in [-0.3, -0.25) is 14.4 Å². The predicted molar refractivity (Wildman–Crippen MR) is 108 cm³/mol. The molecule has 0 fully saturated rings.